The maximum Gasteiger partial charge on any atom is 0.410 e. The van der Waals surface area contributed by atoms with E-state index in [4.69, 9.17) is 33.7 Å². The number of hydrogen-bond acceptors (Lipinski definition) is 9. The summed E-state index contributed by atoms with van der Waals surface area (Å²) in [5.74, 6) is -3.15. The lowest BCUT2D eigenvalue weighted by molar-refractivity contribution is -0.140. The molecule has 2 fully saturated rings. The number of rotatable bonds is 4. The van der Waals surface area contributed by atoms with E-state index in [1.54, 1.807) is 18.2 Å². The third-order valence-electron chi connectivity index (χ3n) is 9.28. The Hall–Kier alpha value is -3.24. The number of nitrogens with one attached hydrogen (secondary N) is 2. The van der Waals surface area contributed by atoms with Gasteiger partial charge in [0.1, 0.15) is 32.7 Å². The molecule has 5 unspecified atom stereocenters. The van der Waals surface area contributed by atoms with Crippen LogP contribution in [0.2, 0.25) is 8.67 Å². The van der Waals surface area contributed by atoms with Gasteiger partial charge in [-0.3, -0.25) is 19.3 Å². The number of benzene rings is 1. The van der Waals surface area contributed by atoms with Crippen LogP contribution in [0.4, 0.5) is 9.18 Å². The highest BCUT2D eigenvalue weighted by Crippen LogP contribution is 2.46. The zero-order chi connectivity index (χ0) is 34.4. The van der Waals surface area contributed by atoms with Gasteiger partial charge in [-0.15, -0.1) is 11.3 Å². The molecular formula is C31H34Cl2FN5O7S2. The number of halogens is 3. The Morgan fingerprint density at radius 3 is 2.69 bits per heavy atom. The molecule has 1 saturated carbocycles. The van der Waals surface area contributed by atoms with E-state index in [2.05, 4.69) is 5.32 Å². The molecule has 1 aromatic carbocycles. The minimum atomic E-state index is -4.45. The highest BCUT2D eigenvalue weighted by atomic mass is 35.5. The van der Waals surface area contributed by atoms with Crippen molar-refractivity contribution in [2.45, 2.75) is 86.7 Å². The van der Waals surface area contributed by atoms with Gasteiger partial charge in [0, 0.05) is 24.4 Å². The van der Waals surface area contributed by atoms with E-state index in [9.17, 15) is 32.0 Å². The molecular weight excluding hydrogens is 708 g/mol. The molecule has 4 aliphatic rings. The Labute approximate surface area is 290 Å². The first-order chi connectivity index (χ1) is 22.8. The van der Waals surface area contributed by atoms with E-state index in [0.717, 1.165) is 30.2 Å². The topological polar surface area (TPSA) is 168 Å². The maximum absolute atomic E-state index is 14.3. The molecule has 5 atom stereocenters. The fourth-order valence-corrected chi connectivity index (χ4v) is 9.75. The number of fused-ring (bicyclic) bond motifs is 3. The summed E-state index contributed by atoms with van der Waals surface area (Å²) in [5, 5.41) is 2.73. The summed E-state index contributed by atoms with van der Waals surface area (Å²) < 4.78 is 48.3. The van der Waals surface area contributed by atoms with Gasteiger partial charge in [-0.05, 0) is 43.4 Å². The number of nitrogens with two attached hydrogens (primary N) is 1. The van der Waals surface area contributed by atoms with Crippen LogP contribution >= 0.6 is 34.5 Å². The summed E-state index contributed by atoms with van der Waals surface area (Å²) in [5.41, 5.74) is 5.71. The molecule has 3 aliphatic heterocycles. The predicted octanol–water partition coefficient (Wildman–Crippen LogP) is 3.84. The van der Waals surface area contributed by atoms with Gasteiger partial charge in [0.2, 0.25) is 11.8 Å². The Morgan fingerprint density at radius 1 is 1.17 bits per heavy atom. The number of hydrogen-bond donors (Lipinski definition) is 3. The summed E-state index contributed by atoms with van der Waals surface area (Å²) in [7, 11) is -4.45. The van der Waals surface area contributed by atoms with Crippen LogP contribution < -0.4 is 15.8 Å². The molecule has 12 nitrogen and oxygen atoms in total. The first kappa shape index (κ1) is 34.6. The van der Waals surface area contributed by atoms with Crippen molar-refractivity contribution in [2.24, 2.45) is 11.7 Å². The van der Waals surface area contributed by atoms with E-state index in [1.165, 1.54) is 15.9 Å². The molecule has 0 radical (unpaired) electrons. The predicted molar refractivity (Wildman–Crippen MR) is 175 cm³/mol. The lowest BCUT2D eigenvalue weighted by Crippen LogP contribution is -2.57. The molecule has 4 N–H and O–H groups in total. The molecule has 6 rings (SSSR count). The van der Waals surface area contributed by atoms with Crippen LogP contribution in [0.15, 0.2) is 41.3 Å². The number of sulfonamides is 1. The Kier molecular flexibility index (Phi) is 9.79. The molecule has 1 aromatic heterocycles. The van der Waals surface area contributed by atoms with Crippen molar-refractivity contribution < 1.29 is 36.7 Å². The minimum Gasteiger partial charge on any atom is -0.444 e. The van der Waals surface area contributed by atoms with Gasteiger partial charge in [-0.1, -0.05) is 60.3 Å². The number of nitrogens with zero attached hydrogens (tertiary/aromatic N) is 2. The van der Waals surface area contributed by atoms with Gasteiger partial charge in [-0.2, -0.15) is 0 Å². The normalized spacial score (nSPS) is 28.3. The summed E-state index contributed by atoms with van der Waals surface area (Å²) in [6, 6.07) is 3.66. The number of allylic oxidation sites excluding steroid dienone is 1. The van der Waals surface area contributed by atoms with Crippen LogP contribution in [0.3, 0.4) is 0 Å². The van der Waals surface area contributed by atoms with Crippen molar-refractivity contribution in [3.8, 4) is 0 Å². The van der Waals surface area contributed by atoms with Crippen LogP contribution in [0.5, 0.6) is 0 Å². The Balaban J connectivity index is 1.22. The first-order valence-corrected chi connectivity index (χ1v) is 18.6. The molecule has 4 heterocycles. The van der Waals surface area contributed by atoms with E-state index in [1.807, 2.05) is 10.8 Å². The molecule has 4 amide bonds. The summed E-state index contributed by atoms with van der Waals surface area (Å²) >= 11 is 12.8. The molecule has 0 bridgehead atoms. The average molecular weight is 743 g/mol. The van der Waals surface area contributed by atoms with Gasteiger partial charge in [0.05, 0.1) is 23.5 Å². The van der Waals surface area contributed by atoms with E-state index < -0.39 is 69.3 Å². The third-order valence-corrected chi connectivity index (χ3v) is 12.4. The Bertz CT molecular complexity index is 1790. The maximum atomic E-state index is 14.3. The fraction of sp³-hybridized carbons (Fsp3) is 0.484. The van der Waals surface area contributed by atoms with E-state index >= 15 is 0 Å². The molecule has 48 heavy (non-hydrogen) atoms. The SMILES string of the molecule is NC1CCCCC/C=C\C2CC2(C(=O)NS(=O)(=O)c2cc(Cl)sc2Cl)NC(=O)C2CC(OC(=O)N3Cc4cccc(F)c4C3)CN2C1=O. The van der Waals surface area contributed by atoms with Crippen molar-refractivity contribution >= 4 is 68.4 Å². The fourth-order valence-electron chi connectivity index (χ4n) is 6.56. The van der Waals surface area contributed by atoms with E-state index in [0.29, 0.717) is 30.4 Å². The highest BCUT2D eigenvalue weighted by molar-refractivity contribution is 7.90. The van der Waals surface area contributed by atoms with Crippen LogP contribution in [0, 0.1) is 11.7 Å². The average Bonchev–Trinajstić information content (AvgIpc) is 3.35. The third kappa shape index (κ3) is 6.93. The quantitative estimate of drug-likeness (QED) is 0.398. The van der Waals surface area contributed by atoms with E-state index in [-0.39, 0.29) is 46.0 Å². The van der Waals surface area contributed by atoms with Crippen LogP contribution in [-0.2, 0) is 42.2 Å². The van der Waals surface area contributed by atoms with Crippen LogP contribution in [0.1, 0.15) is 56.1 Å². The molecule has 258 valence electrons. The van der Waals surface area contributed by atoms with Crippen molar-refractivity contribution in [1.82, 2.24) is 19.8 Å². The lowest BCUT2D eigenvalue weighted by Gasteiger charge is -2.28. The van der Waals surface area contributed by atoms with Gasteiger partial charge >= 0.3 is 6.09 Å². The largest absolute Gasteiger partial charge is 0.444 e. The summed E-state index contributed by atoms with van der Waals surface area (Å²) in [4.78, 5) is 56.6. The monoisotopic (exact) mass is 741 g/mol. The molecule has 17 heteroatoms. The van der Waals surface area contributed by atoms with Crippen molar-refractivity contribution in [1.29, 1.82) is 0 Å². The molecule has 1 saturated heterocycles. The first-order valence-electron chi connectivity index (χ1n) is 15.6. The zero-order valence-electron chi connectivity index (χ0n) is 25.6. The second-order valence-corrected chi connectivity index (χ2v) is 16.5. The van der Waals surface area contributed by atoms with Crippen LogP contribution in [-0.4, -0.2) is 72.3 Å². The Morgan fingerprint density at radius 2 is 1.96 bits per heavy atom. The minimum absolute atomic E-state index is 0.0171. The number of amides is 4. The molecule has 2 aromatic rings. The number of ether oxygens (including phenoxy) is 1. The van der Waals surface area contributed by atoms with Crippen molar-refractivity contribution in [2.75, 3.05) is 6.54 Å². The standard InChI is InChI=1S/C31H34Cl2FN5O7S2/c32-25-12-24(26(33)47-25)48(44,45)37-29(42)31-13-18(31)8-4-2-1-3-5-10-22(35)28(41)39-15-19(11-23(39)27(40)36-31)46-30(43)38-14-17-7-6-9-21(34)20(17)16-38/h4,6-9,12,18-19,22-23H,1-3,5,10-11,13-16,35H2,(H,36,40)(H,37,42)/b8-4-. The molecule has 0 spiro atoms. The van der Waals surface area contributed by atoms with Crippen molar-refractivity contribution in [3.63, 3.8) is 0 Å². The van der Waals surface area contributed by atoms with Gasteiger partial charge in [0.15, 0.2) is 0 Å². The second kappa shape index (κ2) is 13.6. The van der Waals surface area contributed by atoms with Crippen LogP contribution in [0.25, 0.3) is 0 Å². The summed E-state index contributed by atoms with van der Waals surface area (Å²) in [6.07, 6.45) is 5.41. The highest BCUT2D eigenvalue weighted by Gasteiger charge is 2.61. The molecule has 1 aliphatic carbocycles. The number of carbonyl (C=O) groups excluding carboxylic acids is 4. The van der Waals surface area contributed by atoms with Gasteiger partial charge < -0.3 is 20.7 Å². The smallest absolute Gasteiger partial charge is 0.410 e. The number of carbonyl (C=O) groups is 4. The van der Waals surface area contributed by atoms with Gasteiger partial charge in [-0.25, -0.2) is 22.3 Å². The zero-order valence-corrected chi connectivity index (χ0v) is 28.8. The number of thiophene rings is 1. The van der Waals surface area contributed by atoms with Gasteiger partial charge in [0.25, 0.3) is 15.9 Å². The summed E-state index contributed by atoms with van der Waals surface area (Å²) in [6.45, 7) is 0.0391. The second-order valence-electron chi connectivity index (χ2n) is 12.5. The van der Waals surface area contributed by atoms with Crippen molar-refractivity contribution in [3.05, 3.63) is 62.0 Å². The lowest BCUT2D eigenvalue weighted by atomic mass is 10.1.